The van der Waals surface area contributed by atoms with Gasteiger partial charge in [-0.3, -0.25) is 0 Å². The van der Waals surface area contributed by atoms with Crippen LogP contribution < -0.4 is 0 Å². The molecule has 0 bridgehead atoms. The molecule has 4 fully saturated rings. The summed E-state index contributed by atoms with van der Waals surface area (Å²) in [6, 6.07) is 0. The minimum Gasteiger partial charge on any atom is -0.0841 e. The molecule has 0 N–H and O–H groups in total. The van der Waals surface area contributed by atoms with Crippen molar-refractivity contribution in [1.82, 2.24) is 0 Å². The standard InChI is InChI=1S/C29H48/c1-20-9-8-13-27(5)21(20)12-14-29(7)24(27)11-10-22-23-19-25(2,3)15-16-26(23,4)17-18-28(22,29)6/h10,20-21,23-24H,8-9,11-19H2,1-7H3. The topological polar surface area (TPSA) is 0 Å². The van der Waals surface area contributed by atoms with E-state index in [2.05, 4.69) is 54.5 Å². The van der Waals surface area contributed by atoms with E-state index in [-0.39, 0.29) is 0 Å². The number of hydrogen-bond donors (Lipinski definition) is 0. The molecule has 8 atom stereocenters. The van der Waals surface area contributed by atoms with Gasteiger partial charge in [0, 0.05) is 0 Å². The van der Waals surface area contributed by atoms with E-state index in [1.54, 1.807) is 0 Å². The third kappa shape index (κ3) is 2.62. The van der Waals surface area contributed by atoms with Crippen molar-refractivity contribution in [2.24, 2.45) is 50.7 Å². The van der Waals surface area contributed by atoms with Gasteiger partial charge in [-0.2, -0.15) is 0 Å². The molecule has 29 heavy (non-hydrogen) atoms. The number of rotatable bonds is 0. The quantitative estimate of drug-likeness (QED) is 0.359. The van der Waals surface area contributed by atoms with E-state index in [1.165, 1.54) is 70.6 Å². The van der Waals surface area contributed by atoms with Crippen LogP contribution in [0.1, 0.15) is 119 Å². The normalized spacial score (nSPS) is 56.3. The largest absolute Gasteiger partial charge is 0.0841 e. The summed E-state index contributed by atoms with van der Waals surface area (Å²) < 4.78 is 0. The fourth-order valence-electron chi connectivity index (χ4n) is 10.2. The van der Waals surface area contributed by atoms with Gasteiger partial charge in [0.1, 0.15) is 0 Å². The van der Waals surface area contributed by atoms with Crippen molar-refractivity contribution in [2.75, 3.05) is 0 Å². The van der Waals surface area contributed by atoms with E-state index in [1.807, 2.05) is 5.57 Å². The van der Waals surface area contributed by atoms with E-state index in [9.17, 15) is 0 Å². The molecule has 0 aromatic carbocycles. The Labute approximate surface area is 181 Å². The molecule has 5 aliphatic rings. The molecule has 0 aromatic rings. The highest BCUT2D eigenvalue weighted by Gasteiger charge is 2.65. The highest BCUT2D eigenvalue weighted by molar-refractivity contribution is 5.33. The first-order chi connectivity index (χ1) is 13.5. The van der Waals surface area contributed by atoms with Gasteiger partial charge in [0.2, 0.25) is 0 Å². The Morgan fingerprint density at radius 1 is 0.828 bits per heavy atom. The molecule has 4 saturated carbocycles. The first-order valence-corrected chi connectivity index (χ1v) is 13.2. The zero-order chi connectivity index (χ0) is 20.9. The Kier molecular flexibility index (Phi) is 4.38. The second-order valence-electron chi connectivity index (χ2n) is 14.3. The highest BCUT2D eigenvalue weighted by atomic mass is 14.7. The average Bonchev–Trinajstić information content (AvgIpc) is 2.63. The van der Waals surface area contributed by atoms with Gasteiger partial charge >= 0.3 is 0 Å². The minimum absolute atomic E-state index is 0.447. The Morgan fingerprint density at radius 3 is 2.31 bits per heavy atom. The Balaban J connectivity index is 1.57. The van der Waals surface area contributed by atoms with Gasteiger partial charge in [0.15, 0.2) is 0 Å². The Morgan fingerprint density at radius 2 is 1.55 bits per heavy atom. The number of allylic oxidation sites excluding steroid dienone is 2. The number of hydrogen-bond acceptors (Lipinski definition) is 0. The van der Waals surface area contributed by atoms with Gasteiger partial charge in [-0.25, -0.2) is 0 Å². The lowest BCUT2D eigenvalue weighted by atomic mass is 9.35. The molecule has 0 heteroatoms. The zero-order valence-corrected chi connectivity index (χ0v) is 20.7. The average molecular weight is 397 g/mol. The van der Waals surface area contributed by atoms with Gasteiger partial charge in [0.25, 0.3) is 0 Å². The third-order valence-corrected chi connectivity index (χ3v) is 12.5. The van der Waals surface area contributed by atoms with Crippen LogP contribution in [0.4, 0.5) is 0 Å². The van der Waals surface area contributed by atoms with Crippen molar-refractivity contribution in [3.05, 3.63) is 11.6 Å². The molecule has 8 unspecified atom stereocenters. The van der Waals surface area contributed by atoms with Gasteiger partial charge in [0.05, 0.1) is 0 Å². The van der Waals surface area contributed by atoms with Crippen molar-refractivity contribution >= 4 is 0 Å². The molecular weight excluding hydrogens is 348 g/mol. The van der Waals surface area contributed by atoms with Gasteiger partial charge in [-0.1, -0.05) is 73.0 Å². The fourth-order valence-corrected chi connectivity index (χ4v) is 10.2. The molecule has 0 amide bonds. The molecule has 164 valence electrons. The summed E-state index contributed by atoms with van der Waals surface area (Å²) in [5.41, 5.74) is 4.59. The Bertz CT molecular complexity index is 714. The summed E-state index contributed by atoms with van der Waals surface area (Å²) in [5, 5.41) is 0. The molecule has 0 saturated heterocycles. The van der Waals surface area contributed by atoms with Crippen molar-refractivity contribution in [1.29, 1.82) is 0 Å². The van der Waals surface area contributed by atoms with Crippen LogP contribution in [-0.4, -0.2) is 0 Å². The first-order valence-electron chi connectivity index (χ1n) is 13.2. The zero-order valence-electron chi connectivity index (χ0n) is 20.7. The summed E-state index contributed by atoms with van der Waals surface area (Å²) in [6.07, 6.45) is 18.9. The molecule has 5 aliphatic carbocycles. The van der Waals surface area contributed by atoms with E-state index in [0.29, 0.717) is 27.1 Å². The smallest absolute Gasteiger partial charge is 0.00565 e. The second kappa shape index (κ2) is 6.16. The predicted molar refractivity (Wildman–Crippen MR) is 125 cm³/mol. The van der Waals surface area contributed by atoms with Crippen molar-refractivity contribution in [2.45, 2.75) is 119 Å². The fraction of sp³-hybridized carbons (Fsp3) is 0.931. The summed E-state index contributed by atoms with van der Waals surface area (Å²) in [7, 11) is 0. The summed E-state index contributed by atoms with van der Waals surface area (Å²) in [6.45, 7) is 18.6. The predicted octanol–water partition coefficient (Wildman–Crippen LogP) is 8.81. The van der Waals surface area contributed by atoms with Crippen LogP contribution in [0.2, 0.25) is 0 Å². The van der Waals surface area contributed by atoms with E-state index in [0.717, 1.165) is 23.7 Å². The lowest BCUT2D eigenvalue weighted by Gasteiger charge is -2.70. The minimum atomic E-state index is 0.447. The SMILES string of the molecule is CC1CCCC2(C)C1CCC1(C)C2CC=C2C3CC(C)(C)CCC3(C)CCC21C. The second-order valence-corrected chi connectivity index (χ2v) is 14.3. The van der Waals surface area contributed by atoms with Crippen LogP contribution in [-0.2, 0) is 0 Å². The van der Waals surface area contributed by atoms with Gasteiger partial charge in [-0.05, 0) is 109 Å². The van der Waals surface area contributed by atoms with E-state index >= 15 is 0 Å². The van der Waals surface area contributed by atoms with Crippen LogP contribution in [0.3, 0.4) is 0 Å². The summed E-state index contributed by atoms with van der Waals surface area (Å²) >= 11 is 0. The molecule has 0 aromatic heterocycles. The molecular formula is C29H48. The van der Waals surface area contributed by atoms with Crippen molar-refractivity contribution in [3.8, 4) is 0 Å². The molecule has 0 radical (unpaired) electrons. The highest BCUT2D eigenvalue weighted by Crippen LogP contribution is 2.74. The van der Waals surface area contributed by atoms with E-state index in [4.69, 9.17) is 0 Å². The maximum atomic E-state index is 2.85. The van der Waals surface area contributed by atoms with Crippen LogP contribution in [0, 0.1) is 50.7 Å². The first kappa shape index (κ1) is 20.6. The third-order valence-electron chi connectivity index (χ3n) is 12.5. The van der Waals surface area contributed by atoms with Gasteiger partial charge < -0.3 is 0 Å². The monoisotopic (exact) mass is 396 g/mol. The lowest BCUT2D eigenvalue weighted by Crippen LogP contribution is -2.61. The van der Waals surface area contributed by atoms with Crippen molar-refractivity contribution in [3.63, 3.8) is 0 Å². The molecule has 0 nitrogen and oxygen atoms in total. The number of fused-ring (bicyclic) bond motifs is 7. The van der Waals surface area contributed by atoms with Crippen LogP contribution in [0.5, 0.6) is 0 Å². The maximum Gasteiger partial charge on any atom is -0.00565 e. The summed E-state index contributed by atoms with van der Waals surface area (Å²) in [5.74, 6) is 3.69. The summed E-state index contributed by atoms with van der Waals surface area (Å²) in [4.78, 5) is 0. The lowest BCUT2D eigenvalue weighted by molar-refractivity contribution is -0.164. The van der Waals surface area contributed by atoms with Crippen LogP contribution in [0.25, 0.3) is 0 Å². The Hall–Kier alpha value is -0.260. The van der Waals surface area contributed by atoms with Crippen LogP contribution in [0.15, 0.2) is 11.6 Å². The van der Waals surface area contributed by atoms with E-state index < -0.39 is 0 Å². The molecule has 5 rings (SSSR count). The van der Waals surface area contributed by atoms with Crippen LogP contribution >= 0.6 is 0 Å². The molecule has 0 spiro atoms. The maximum absolute atomic E-state index is 2.85. The van der Waals surface area contributed by atoms with Gasteiger partial charge in [-0.15, -0.1) is 0 Å². The molecule has 0 aliphatic heterocycles. The van der Waals surface area contributed by atoms with Crippen molar-refractivity contribution < 1.29 is 0 Å². The molecule has 0 heterocycles.